The fraction of sp³-hybridized carbons (Fsp3) is 0.312. The van der Waals surface area contributed by atoms with Crippen molar-refractivity contribution in [1.82, 2.24) is 19.2 Å². The van der Waals surface area contributed by atoms with Crippen LogP contribution in [0.15, 0.2) is 79.0 Å². The molecule has 1 aliphatic heterocycles. The summed E-state index contributed by atoms with van der Waals surface area (Å²) in [6.45, 7) is 10.5. The third-order valence-electron chi connectivity index (χ3n) is 7.25. The first-order valence-corrected chi connectivity index (χ1v) is 14.2. The first-order valence-electron chi connectivity index (χ1n) is 13.4. The number of piperazine rings is 1. The van der Waals surface area contributed by atoms with Crippen LogP contribution < -0.4 is 0 Å². The molecule has 0 spiro atoms. The SMILES string of the molecule is CC(C)(C)CC(=O)N1CCN(Cc2c(-c3ccccc3)nc3ccc(-c4cc5ccccc5s4)cn23)CC1. The molecule has 0 unspecified atom stereocenters. The zero-order chi connectivity index (χ0) is 26.3. The highest BCUT2D eigenvalue weighted by Crippen LogP contribution is 2.35. The predicted molar refractivity (Wildman–Crippen MR) is 157 cm³/mol. The van der Waals surface area contributed by atoms with Gasteiger partial charge in [0.25, 0.3) is 0 Å². The summed E-state index contributed by atoms with van der Waals surface area (Å²) >= 11 is 1.83. The van der Waals surface area contributed by atoms with Crippen LogP contribution in [0.1, 0.15) is 32.9 Å². The molecule has 38 heavy (non-hydrogen) atoms. The highest BCUT2D eigenvalue weighted by Gasteiger charge is 2.26. The Morgan fingerprint density at radius 2 is 1.63 bits per heavy atom. The highest BCUT2D eigenvalue weighted by molar-refractivity contribution is 7.22. The molecule has 1 saturated heterocycles. The summed E-state index contributed by atoms with van der Waals surface area (Å²) in [5, 5.41) is 1.28. The highest BCUT2D eigenvalue weighted by atomic mass is 32.1. The Morgan fingerprint density at radius 3 is 2.37 bits per heavy atom. The minimum absolute atomic E-state index is 0.0153. The largest absolute Gasteiger partial charge is 0.340 e. The fourth-order valence-corrected chi connectivity index (χ4v) is 6.33. The molecule has 0 saturated carbocycles. The van der Waals surface area contributed by atoms with Crippen molar-refractivity contribution in [1.29, 1.82) is 0 Å². The Morgan fingerprint density at radius 1 is 0.895 bits per heavy atom. The van der Waals surface area contributed by atoms with Crippen molar-refractivity contribution in [3.8, 4) is 21.7 Å². The minimum atomic E-state index is 0.0153. The van der Waals surface area contributed by atoms with Gasteiger partial charge in [-0.15, -0.1) is 11.3 Å². The van der Waals surface area contributed by atoms with Gasteiger partial charge in [-0.2, -0.15) is 0 Å². The lowest BCUT2D eigenvalue weighted by atomic mass is 9.91. The maximum absolute atomic E-state index is 12.8. The van der Waals surface area contributed by atoms with Gasteiger partial charge in [0.05, 0.1) is 11.4 Å². The van der Waals surface area contributed by atoms with Crippen LogP contribution in [0.2, 0.25) is 0 Å². The van der Waals surface area contributed by atoms with Gasteiger partial charge in [-0.05, 0) is 35.1 Å². The van der Waals surface area contributed by atoms with E-state index in [9.17, 15) is 4.79 Å². The zero-order valence-corrected chi connectivity index (χ0v) is 23.2. The molecule has 194 valence electrons. The minimum Gasteiger partial charge on any atom is -0.340 e. The number of thiophene rings is 1. The van der Waals surface area contributed by atoms with Crippen LogP contribution in [-0.2, 0) is 11.3 Å². The first kappa shape index (κ1) is 24.8. The van der Waals surface area contributed by atoms with Gasteiger partial charge in [-0.25, -0.2) is 4.98 Å². The van der Waals surface area contributed by atoms with Gasteiger partial charge in [0.15, 0.2) is 0 Å². The standard InChI is InChI=1S/C32H34N4OS/c1-32(2,3)20-30(37)35-17-15-34(16-18-35)22-26-31(23-9-5-4-6-10-23)33-29-14-13-25(21-36(26)29)28-19-24-11-7-8-12-27(24)38-28/h4-14,19,21H,15-18,20,22H2,1-3H3. The van der Waals surface area contributed by atoms with Crippen LogP contribution >= 0.6 is 11.3 Å². The van der Waals surface area contributed by atoms with Crippen molar-refractivity contribution < 1.29 is 4.79 Å². The van der Waals surface area contributed by atoms with E-state index < -0.39 is 0 Å². The van der Waals surface area contributed by atoms with E-state index in [0.717, 1.165) is 49.6 Å². The number of rotatable bonds is 5. The second-order valence-corrected chi connectivity index (χ2v) is 12.5. The second kappa shape index (κ2) is 10.0. The molecule has 5 aromatic rings. The predicted octanol–water partition coefficient (Wildman–Crippen LogP) is 6.96. The molecule has 1 aliphatic rings. The van der Waals surface area contributed by atoms with E-state index in [0.29, 0.717) is 6.42 Å². The number of carbonyl (C=O) groups excluding carboxylic acids is 1. The number of benzene rings is 2. The fourth-order valence-electron chi connectivity index (χ4n) is 5.27. The van der Waals surface area contributed by atoms with Crippen molar-refractivity contribution in [2.75, 3.05) is 26.2 Å². The van der Waals surface area contributed by atoms with Gasteiger partial charge < -0.3 is 9.30 Å². The van der Waals surface area contributed by atoms with Crippen molar-refractivity contribution in [3.63, 3.8) is 0 Å². The molecule has 2 aromatic carbocycles. The summed E-state index contributed by atoms with van der Waals surface area (Å²) in [6.07, 6.45) is 2.84. The van der Waals surface area contributed by atoms with Gasteiger partial charge in [0.2, 0.25) is 5.91 Å². The lowest BCUT2D eigenvalue weighted by Crippen LogP contribution is -2.49. The molecule has 5 nitrogen and oxygen atoms in total. The van der Waals surface area contributed by atoms with Crippen LogP contribution in [-0.4, -0.2) is 51.3 Å². The van der Waals surface area contributed by atoms with Crippen LogP contribution in [0, 0.1) is 5.41 Å². The van der Waals surface area contributed by atoms with Crippen molar-refractivity contribution in [3.05, 3.63) is 84.7 Å². The van der Waals surface area contributed by atoms with Gasteiger partial charge in [0.1, 0.15) is 5.65 Å². The monoisotopic (exact) mass is 522 g/mol. The Balaban J connectivity index is 1.32. The number of fused-ring (bicyclic) bond motifs is 2. The van der Waals surface area contributed by atoms with Crippen LogP contribution in [0.5, 0.6) is 0 Å². The summed E-state index contributed by atoms with van der Waals surface area (Å²) in [5.74, 6) is 0.268. The summed E-state index contributed by atoms with van der Waals surface area (Å²) in [5.41, 5.74) is 5.54. The van der Waals surface area contributed by atoms with Gasteiger partial charge in [0, 0.05) is 66.0 Å². The molecule has 6 rings (SSSR count). The summed E-state index contributed by atoms with van der Waals surface area (Å²) in [7, 11) is 0. The maximum atomic E-state index is 12.8. The number of imidazole rings is 1. The van der Waals surface area contributed by atoms with Crippen LogP contribution in [0.4, 0.5) is 0 Å². The van der Waals surface area contributed by atoms with Gasteiger partial charge in [-0.1, -0.05) is 69.3 Å². The Hall–Kier alpha value is -3.48. The summed E-state index contributed by atoms with van der Waals surface area (Å²) in [6, 6.07) is 25.6. The van der Waals surface area contributed by atoms with E-state index in [1.165, 1.54) is 26.2 Å². The average Bonchev–Trinajstić information content (AvgIpc) is 3.50. The Labute approximate surface area is 228 Å². The number of pyridine rings is 1. The molecular weight excluding hydrogens is 488 g/mol. The summed E-state index contributed by atoms with van der Waals surface area (Å²) in [4.78, 5) is 23.6. The van der Waals surface area contributed by atoms with E-state index in [-0.39, 0.29) is 11.3 Å². The van der Waals surface area contributed by atoms with Crippen LogP contribution in [0.3, 0.4) is 0 Å². The van der Waals surface area contributed by atoms with Gasteiger partial charge in [-0.3, -0.25) is 9.69 Å². The molecule has 0 aliphatic carbocycles. The van der Waals surface area contributed by atoms with E-state index in [1.807, 2.05) is 22.3 Å². The summed E-state index contributed by atoms with van der Waals surface area (Å²) < 4.78 is 3.58. The lowest BCUT2D eigenvalue weighted by molar-refractivity contribution is -0.134. The molecule has 0 bridgehead atoms. The van der Waals surface area contributed by atoms with E-state index in [2.05, 4.69) is 103 Å². The van der Waals surface area contributed by atoms with E-state index >= 15 is 0 Å². The van der Waals surface area contributed by atoms with Crippen LogP contribution in [0.25, 0.3) is 37.4 Å². The van der Waals surface area contributed by atoms with Crippen molar-refractivity contribution in [2.24, 2.45) is 5.41 Å². The van der Waals surface area contributed by atoms with Crippen molar-refractivity contribution in [2.45, 2.75) is 33.7 Å². The third kappa shape index (κ3) is 5.11. The van der Waals surface area contributed by atoms with Crippen molar-refractivity contribution >= 4 is 33.0 Å². The molecule has 1 amide bonds. The molecule has 3 aromatic heterocycles. The molecule has 0 N–H and O–H groups in total. The smallest absolute Gasteiger partial charge is 0.223 e. The maximum Gasteiger partial charge on any atom is 0.223 e. The Kier molecular flexibility index (Phi) is 6.54. The first-order chi connectivity index (χ1) is 18.3. The topological polar surface area (TPSA) is 40.9 Å². The number of aromatic nitrogens is 2. The number of carbonyl (C=O) groups is 1. The van der Waals surface area contributed by atoms with E-state index in [4.69, 9.17) is 4.98 Å². The number of hydrogen-bond acceptors (Lipinski definition) is 4. The average molecular weight is 523 g/mol. The number of nitrogens with zero attached hydrogens (tertiary/aromatic N) is 4. The van der Waals surface area contributed by atoms with E-state index in [1.54, 1.807) is 0 Å². The number of amides is 1. The molecule has 4 heterocycles. The van der Waals surface area contributed by atoms with Gasteiger partial charge >= 0.3 is 0 Å². The lowest BCUT2D eigenvalue weighted by Gasteiger charge is -2.36. The number of hydrogen-bond donors (Lipinski definition) is 0. The third-order valence-corrected chi connectivity index (χ3v) is 8.42. The Bertz CT molecular complexity index is 1550. The normalized spacial score (nSPS) is 15.0. The molecule has 0 atom stereocenters. The molecule has 0 radical (unpaired) electrons. The molecular formula is C32H34N4OS. The molecule has 1 fully saturated rings. The second-order valence-electron chi connectivity index (χ2n) is 11.5. The quantitative estimate of drug-likeness (QED) is 0.250. The molecule has 6 heteroatoms. The zero-order valence-electron chi connectivity index (χ0n) is 22.4.